The summed E-state index contributed by atoms with van der Waals surface area (Å²) in [6.45, 7) is 10.4. The Hall–Kier alpha value is -1.09. The van der Waals surface area contributed by atoms with E-state index in [4.69, 9.17) is 4.99 Å². The number of hydrogen-bond donors (Lipinski definition) is 2. The van der Waals surface area contributed by atoms with E-state index in [1.807, 2.05) is 6.20 Å². The van der Waals surface area contributed by atoms with Crippen molar-refractivity contribution in [3.8, 4) is 0 Å². The molecule has 2 fully saturated rings. The Balaban J connectivity index is 0.00000261. The lowest BCUT2D eigenvalue weighted by Gasteiger charge is -2.26. The van der Waals surface area contributed by atoms with Gasteiger partial charge in [0.15, 0.2) is 5.96 Å². The zero-order valence-electron chi connectivity index (χ0n) is 16.6. The van der Waals surface area contributed by atoms with Gasteiger partial charge in [0.05, 0.1) is 6.54 Å². The molecule has 6 nitrogen and oxygen atoms in total. The van der Waals surface area contributed by atoms with Crippen LogP contribution in [0, 0.1) is 0 Å². The molecule has 1 aromatic rings. The second kappa shape index (κ2) is 12.4. The lowest BCUT2D eigenvalue weighted by atomic mass is 10.1. The number of nitrogens with one attached hydrogen (secondary N) is 2. The standard InChI is InChI=1S/C20H34N6.HI/c1-2-21-20(23-10-15-25-11-4-3-5-12-25)24-17-18-8-9-22-19(16-18)26-13-6-7-14-26;/h8-9,16H,2-7,10-15,17H2,1H3,(H2,21,23,24);1H. The van der Waals surface area contributed by atoms with Gasteiger partial charge in [-0.25, -0.2) is 9.98 Å². The molecule has 0 aromatic carbocycles. The molecule has 0 saturated carbocycles. The van der Waals surface area contributed by atoms with Gasteiger partial charge in [0.2, 0.25) is 0 Å². The van der Waals surface area contributed by atoms with Gasteiger partial charge < -0.3 is 20.4 Å². The lowest BCUT2D eigenvalue weighted by molar-refractivity contribution is 0.232. The van der Waals surface area contributed by atoms with Gasteiger partial charge in [0.1, 0.15) is 5.82 Å². The van der Waals surface area contributed by atoms with Crippen molar-refractivity contribution in [3.05, 3.63) is 23.9 Å². The van der Waals surface area contributed by atoms with Gasteiger partial charge in [-0.1, -0.05) is 6.42 Å². The van der Waals surface area contributed by atoms with E-state index in [9.17, 15) is 0 Å². The number of pyridine rings is 1. The number of anilines is 1. The molecule has 0 amide bonds. The van der Waals surface area contributed by atoms with Crippen LogP contribution >= 0.6 is 24.0 Å². The number of halogens is 1. The third-order valence-corrected chi connectivity index (χ3v) is 5.17. The maximum atomic E-state index is 4.76. The van der Waals surface area contributed by atoms with Gasteiger partial charge in [-0.05, 0) is 63.4 Å². The van der Waals surface area contributed by atoms with Crippen LogP contribution in [0.25, 0.3) is 0 Å². The first-order chi connectivity index (χ1) is 12.8. The van der Waals surface area contributed by atoms with Crippen molar-refractivity contribution >= 4 is 35.8 Å². The Kier molecular flexibility index (Phi) is 10.2. The molecule has 2 aliphatic rings. The van der Waals surface area contributed by atoms with Gasteiger partial charge in [0, 0.05) is 38.9 Å². The maximum absolute atomic E-state index is 4.76. The summed E-state index contributed by atoms with van der Waals surface area (Å²) in [7, 11) is 0. The maximum Gasteiger partial charge on any atom is 0.191 e. The molecule has 7 heteroatoms. The van der Waals surface area contributed by atoms with Crippen molar-refractivity contribution in [2.75, 3.05) is 50.7 Å². The van der Waals surface area contributed by atoms with Crippen molar-refractivity contribution < 1.29 is 0 Å². The quantitative estimate of drug-likeness (QED) is 0.353. The summed E-state index contributed by atoms with van der Waals surface area (Å²) >= 11 is 0. The summed E-state index contributed by atoms with van der Waals surface area (Å²) in [5.41, 5.74) is 1.22. The molecule has 0 radical (unpaired) electrons. The number of rotatable bonds is 7. The van der Waals surface area contributed by atoms with Crippen molar-refractivity contribution in [2.45, 2.75) is 45.6 Å². The Labute approximate surface area is 181 Å². The van der Waals surface area contributed by atoms with Crippen LogP contribution in [0.2, 0.25) is 0 Å². The third-order valence-electron chi connectivity index (χ3n) is 5.17. The molecule has 3 heterocycles. The number of aliphatic imine (C=N–C) groups is 1. The summed E-state index contributed by atoms with van der Waals surface area (Å²) in [6, 6.07) is 4.26. The van der Waals surface area contributed by atoms with Gasteiger partial charge in [0.25, 0.3) is 0 Å². The van der Waals surface area contributed by atoms with Crippen LogP contribution in [-0.4, -0.2) is 61.7 Å². The molecule has 0 unspecified atom stereocenters. The number of guanidine groups is 1. The van der Waals surface area contributed by atoms with Crippen LogP contribution in [0.1, 0.15) is 44.6 Å². The zero-order chi connectivity index (χ0) is 18.0. The highest BCUT2D eigenvalue weighted by molar-refractivity contribution is 14.0. The van der Waals surface area contributed by atoms with E-state index in [-0.39, 0.29) is 24.0 Å². The van der Waals surface area contributed by atoms with E-state index in [0.717, 1.165) is 44.5 Å². The van der Waals surface area contributed by atoms with Gasteiger partial charge in [-0.15, -0.1) is 24.0 Å². The average molecular weight is 486 g/mol. The lowest BCUT2D eigenvalue weighted by Crippen LogP contribution is -2.42. The zero-order valence-corrected chi connectivity index (χ0v) is 19.0. The summed E-state index contributed by atoms with van der Waals surface area (Å²) in [6.07, 6.45) is 8.53. The molecule has 0 spiro atoms. The monoisotopic (exact) mass is 486 g/mol. The second-order valence-electron chi connectivity index (χ2n) is 7.24. The average Bonchev–Trinajstić information content (AvgIpc) is 3.22. The highest BCUT2D eigenvalue weighted by Gasteiger charge is 2.13. The van der Waals surface area contributed by atoms with Crippen molar-refractivity contribution in [2.24, 2.45) is 4.99 Å². The molecule has 0 aliphatic carbocycles. The van der Waals surface area contributed by atoms with E-state index in [2.05, 4.69) is 44.5 Å². The molecule has 2 aliphatic heterocycles. The predicted octanol–water partition coefficient (Wildman–Crippen LogP) is 2.84. The largest absolute Gasteiger partial charge is 0.357 e. The summed E-state index contributed by atoms with van der Waals surface area (Å²) in [5.74, 6) is 2.00. The van der Waals surface area contributed by atoms with Gasteiger partial charge >= 0.3 is 0 Å². The first-order valence-corrected chi connectivity index (χ1v) is 10.3. The number of aromatic nitrogens is 1. The van der Waals surface area contributed by atoms with Crippen molar-refractivity contribution in [3.63, 3.8) is 0 Å². The summed E-state index contributed by atoms with van der Waals surface area (Å²) in [5, 5.41) is 6.83. The molecule has 3 rings (SSSR count). The number of piperidine rings is 1. The Bertz CT molecular complexity index is 567. The first-order valence-electron chi connectivity index (χ1n) is 10.3. The topological polar surface area (TPSA) is 55.8 Å². The van der Waals surface area contributed by atoms with Crippen LogP contribution in [0.5, 0.6) is 0 Å². The molecule has 0 atom stereocenters. The minimum atomic E-state index is 0. The van der Waals surface area contributed by atoms with E-state index in [1.165, 1.54) is 50.8 Å². The molecule has 27 heavy (non-hydrogen) atoms. The van der Waals surface area contributed by atoms with Crippen molar-refractivity contribution in [1.29, 1.82) is 0 Å². The SMILES string of the molecule is CCNC(=NCc1ccnc(N2CCCC2)c1)NCCN1CCCCC1.I. The fourth-order valence-corrected chi connectivity index (χ4v) is 3.71. The van der Waals surface area contributed by atoms with E-state index in [1.54, 1.807) is 0 Å². The predicted molar refractivity (Wildman–Crippen MR) is 124 cm³/mol. The molecule has 0 bridgehead atoms. The molecule has 152 valence electrons. The smallest absolute Gasteiger partial charge is 0.191 e. The summed E-state index contributed by atoms with van der Waals surface area (Å²) in [4.78, 5) is 14.2. The molecular weight excluding hydrogens is 451 g/mol. The molecular formula is C20H35IN6. The normalized spacial score (nSPS) is 18.3. The highest BCUT2D eigenvalue weighted by Crippen LogP contribution is 2.18. The fourth-order valence-electron chi connectivity index (χ4n) is 3.71. The molecule has 2 N–H and O–H groups in total. The fraction of sp³-hybridized carbons (Fsp3) is 0.700. The van der Waals surface area contributed by atoms with Crippen LogP contribution < -0.4 is 15.5 Å². The third kappa shape index (κ3) is 7.44. The van der Waals surface area contributed by atoms with Crippen LogP contribution in [0.4, 0.5) is 5.82 Å². The minimum absolute atomic E-state index is 0. The molecule has 1 aromatic heterocycles. The number of hydrogen-bond acceptors (Lipinski definition) is 4. The second-order valence-corrected chi connectivity index (χ2v) is 7.24. The summed E-state index contributed by atoms with van der Waals surface area (Å²) < 4.78 is 0. The van der Waals surface area contributed by atoms with Gasteiger partial charge in [-0.3, -0.25) is 0 Å². The van der Waals surface area contributed by atoms with E-state index >= 15 is 0 Å². The Morgan fingerprint density at radius 1 is 1.07 bits per heavy atom. The van der Waals surface area contributed by atoms with E-state index in [0.29, 0.717) is 6.54 Å². The van der Waals surface area contributed by atoms with Crippen LogP contribution in [0.15, 0.2) is 23.3 Å². The minimum Gasteiger partial charge on any atom is -0.357 e. The van der Waals surface area contributed by atoms with Crippen molar-refractivity contribution in [1.82, 2.24) is 20.5 Å². The van der Waals surface area contributed by atoms with Crippen LogP contribution in [0.3, 0.4) is 0 Å². The number of nitrogens with zero attached hydrogens (tertiary/aromatic N) is 4. The number of likely N-dealkylation sites (tertiary alicyclic amines) is 1. The van der Waals surface area contributed by atoms with Crippen LogP contribution in [-0.2, 0) is 6.54 Å². The Morgan fingerprint density at radius 2 is 1.81 bits per heavy atom. The highest BCUT2D eigenvalue weighted by atomic mass is 127. The van der Waals surface area contributed by atoms with Gasteiger partial charge in [-0.2, -0.15) is 0 Å². The van der Waals surface area contributed by atoms with E-state index < -0.39 is 0 Å². The Morgan fingerprint density at radius 3 is 2.56 bits per heavy atom. The molecule has 2 saturated heterocycles. The first kappa shape index (κ1) is 22.2.